The molecule has 3 N–H and O–H groups in total. The third kappa shape index (κ3) is 4.48. The van der Waals surface area contributed by atoms with Gasteiger partial charge in [-0.05, 0) is 12.3 Å². The van der Waals surface area contributed by atoms with Crippen molar-refractivity contribution in [3.05, 3.63) is 0 Å². The molecule has 1 atom stereocenters. The molecular weight excluding hydrogens is 190 g/mol. The van der Waals surface area contributed by atoms with E-state index in [-0.39, 0.29) is 12.4 Å². The minimum absolute atomic E-state index is 0. The molecule has 1 fully saturated rings. The van der Waals surface area contributed by atoms with Crippen molar-refractivity contribution < 1.29 is 9.90 Å². The molecule has 0 saturated heterocycles. The molecule has 13 heavy (non-hydrogen) atoms. The van der Waals surface area contributed by atoms with Crippen LogP contribution in [0.15, 0.2) is 0 Å². The first kappa shape index (κ1) is 12.7. The number of halogens is 1. The Morgan fingerprint density at radius 1 is 1.38 bits per heavy atom. The van der Waals surface area contributed by atoms with E-state index in [4.69, 9.17) is 10.8 Å². The predicted molar refractivity (Wildman–Crippen MR) is 54.1 cm³/mol. The SMILES string of the molecule is Cl.N[C@H](CC1CCCCC1)C(=O)O. The molecule has 0 heterocycles. The van der Waals surface area contributed by atoms with Gasteiger partial charge in [0.05, 0.1) is 0 Å². The fourth-order valence-electron chi connectivity index (χ4n) is 1.88. The monoisotopic (exact) mass is 207 g/mol. The molecule has 0 aromatic carbocycles. The lowest BCUT2D eigenvalue weighted by atomic mass is 9.85. The van der Waals surface area contributed by atoms with Crippen molar-refractivity contribution in [3.63, 3.8) is 0 Å². The lowest BCUT2D eigenvalue weighted by Gasteiger charge is -2.22. The van der Waals surface area contributed by atoms with Gasteiger partial charge in [-0.2, -0.15) is 0 Å². The molecule has 0 amide bonds. The molecule has 4 heteroatoms. The highest BCUT2D eigenvalue weighted by atomic mass is 35.5. The Bertz CT molecular complexity index is 158. The Morgan fingerprint density at radius 3 is 2.38 bits per heavy atom. The Kier molecular flexibility index (Phi) is 6.08. The minimum Gasteiger partial charge on any atom is -0.480 e. The zero-order valence-corrected chi connectivity index (χ0v) is 8.55. The number of carboxylic acid groups (broad SMARTS) is 1. The largest absolute Gasteiger partial charge is 0.480 e. The van der Waals surface area contributed by atoms with Crippen molar-refractivity contribution in [2.24, 2.45) is 11.7 Å². The van der Waals surface area contributed by atoms with Crippen LogP contribution in [-0.2, 0) is 4.79 Å². The van der Waals surface area contributed by atoms with Gasteiger partial charge in [0.15, 0.2) is 0 Å². The first-order valence-electron chi connectivity index (χ1n) is 4.68. The van der Waals surface area contributed by atoms with Gasteiger partial charge in [0.25, 0.3) is 0 Å². The van der Waals surface area contributed by atoms with Crippen LogP contribution in [0.25, 0.3) is 0 Å². The van der Waals surface area contributed by atoms with Crippen molar-refractivity contribution in [1.82, 2.24) is 0 Å². The molecule has 0 radical (unpaired) electrons. The van der Waals surface area contributed by atoms with Crippen LogP contribution < -0.4 is 5.73 Å². The van der Waals surface area contributed by atoms with E-state index >= 15 is 0 Å². The molecule has 1 aliphatic carbocycles. The first-order valence-corrected chi connectivity index (χ1v) is 4.68. The number of carbonyl (C=O) groups is 1. The number of rotatable bonds is 3. The third-order valence-corrected chi connectivity index (χ3v) is 2.63. The molecule has 1 rings (SSSR count). The Hall–Kier alpha value is -0.280. The van der Waals surface area contributed by atoms with Gasteiger partial charge >= 0.3 is 5.97 Å². The quantitative estimate of drug-likeness (QED) is 0.742. The van der Waals surface area contributed by atoms with Gasteiger partial charge in [0.1, 0.15) is 6.04 Å². The number of carboxylic acids is 1. The molecule has 0 aromatic rings. The summed E-state index contributed by atoms with van der Waals surface area (Å²) >= 11 is 0. The van der Waals surface area contributed by atoms with Crippen molar-refractivity contribution in [1.29, 1.82) is 0 Å². The fraction of sp³-hybridized carbons (Fsp3) is 0.889. The zero-order valence-electron chi connectivity index (χ0n) is 7.74. The highest BCUT2D eigenvalue weighted by molar-refractivity contribution is 5.85. The molecule has 78 valence electrons. The second-order valence-corrected chi connectivity index (χ2v) is 3.68. The van der Waals surface area contributed by atoms with Crippen molar-refractivity contribution in [3.8, 4) is 0 Å². The first-order chi connectivity index (χ1) is 5.70. The fourth-order valence-corrected chi connectivity index (χ4v) is 1.88. The molecule has 0 aliphatic heterocycles. The van der Waals surface area contributed by atoms with E-state index in [1.807, 2.05) is 0 Å². The summed E-state index contributed by atoms with van der Waals surface area (Å²) < 4.78 is 0. The lowest BCUT2D eigenvalue weighted by Crippen LogP contribution is -2.32. The van der Waals surface area contributed by atoms with Gasteiger partial charge in [-0.1, -0.05) is 32.1 Å². The summed E-state index contributed by atoms with van der Waals surface area (Å²) in [7, 11) is 0. The lowest BCUT2D eigenvalue weighted by molar-refractivity contribution is -0.139. The van der Waals surface area contributed by atoms with Crippen LogP contribution in [0.5, 0.6) is 0 Å². The average molecular weight is 208 g/mol. The molecule has 0 bridgehead atoms. The smallest absolute Gasteiger partial charge is 0.320 e. The maximum Gasteiger partial charge on any atom is 0.320 e. The molecule has 0 spiro atoms. The molecule has 1 saturated carbocycles. The number of nitrogens with two attached hydrogens (primary N) is 1. The van der Waals surface area contributed by atoms with Gasteiger partial charge < -0.3 is 10.8 Å². The van der Waals surface area contributed by atoms with Crippen LogP contribution in [0.4, 0.5) is 0 Å². The van der Waals surface area contributed by atoms with E-state index < -0.39 is 12.0 Å². The zero-order chi connectivity index (χ0) is 8.97. The Morgan fingerprint density at radius 2 is 1.92 bits per heavy atom. The topological polar surface area (TPSA) is 63.3 Å². The van der Waals surface area contributed by atoms with Gasteiger partial charge in [0, 0.05) is 0 Å². The Labute approximate surface area is 85.1 Å². The van der Waals surface area contributed by atoms with E-state index in [1.54, 1.807) is 0 Å². The van der Waals surface area contributed by atoms with E-state index in [2.05, 4.69) is 0 Å². The molecule has 1 aliphatic rings. The summed E-state index contributed by atoms with van der Waals surface area (Å²) in [4.78, 5) is 10.4. The minimum atomic E-state index is -0.861. The maximum atomic E-state index is 10.4. The van der Waals surface area contributed by atoms with Gasteiger partial charge in [-0.15, -0.1) is 12.4 Å². The van der Waals surface area contributed by atoms with Crippen LogP contribution in [0.2, 0.25) is 0 Å². The highest BCUT2D eigenvalue weighted by Gasteiger charge is 2.20. The van der Waals surface area contributed by atoms with Gasteiger partial charge in [-0.3, -0.25) is 4.79 Å². The van der Waals surface area contributed by atoms with E-state index in [0.717, 1.165) is 0 Å². The third-order valence-electron chi connectivity index (χ3n) is 2.63. The normalized spacial score (nSPS) is 20.4. The number of hydrogen-bond acceptors (Lipinski definition) is 2. The standard InChI is InChI=1S/C9H17NO2.ClH/c10-8(9(11)12)6-7-4-2-1-3-5-7;/h7-8H,1-6,10H2,(H,11,12);1H/t8-;/m1./s1. The van der Waals surface area contributed by atoms with Crippen LogP contribution in [-0.4, -0.2) is 17.1 Å². The van der Waals surface area contributed by atoms with Crippen LogP contribution in [0.3, 0.4) is 0 Å². The summed E-state index contributed by atoms with van der Waals surface area (Å²) in [5.74, 6) is -0.301. The van der Waals surface area contributed by atoms with E-state index in [9.17, 15) is 4.79 Å². The van der Waals surface area contributed by atoms with E-state index in [1.165, 1.54) is 32.1 Å². The molecular formula is C9H18ClNO2. The summed E-state index contributed by atoms with van der Waals surface area (Å²) in [6.07, 6.45) is 6.80. The van der Waals surface area contributed by atoms with Gasteiger partial charge in [-0.25, -0.2) is 0 Å². The van der Waals surface area contributed by atoms with Crippen molar-refractivity contribution >= 4 is 18.4 Å². The van der Waals surface area contributed by atoms with Gasteiger partial charge in [0.2, 0.25) is 0 Å². The number of aliphatic carboxylic acids is 1. The summed E-state index contributed by atoms with van der Waals surface area (Å²) in [6, 6.07) is -0.645. The predicted octanol–water partition coefficient (Wildman–Crippen LogP) is 1.79. The van der Waals surface area contributed by atoms with E-state index in [0.29, 0.717) is 12.3 Å². The maximum absolute atomic E-state index is 10.4. The van der Waals surface area contributed by atoms with Crippen LogP contribution >= 0.6 is 12.4 Å². The van der Waals surface area contributed by atoms with Crippen LogP contribution in [0, 0.1) is 5.92 Å². The summed E-state index contributed by atoms with van der Waals surface area (Å²) in [5.41, 5.74) is 5.45. The molecule has 3 nitrogen and oxygen atoms in total. The van der Waals surface area contributed by atoms with Crippen molar-refractivity contribution in [2.75, 3.05) is 0 Å². The number of hydrogen-bond donors (Lipinski definition) is 2. The highest BCUT2D eigenvalue weighted by Crippen LogP contribution is 2.26. The summed E-state index contributed by atoms with van der Waals surface area (Å²) in [6.45, 7) is 0. The van der Waals surface area contributed by atoms with Crippen molar-refractivity contribution in [2.45, 2.75) is 44.6 Å². The van der Waals surface area contributed by atoms with Crippen LogP contribution in [0.1, 0.15) is 38.5 Å². The molecule has 0 aromatic heterocycles. The Balaban J connectivity index is 0.00000144. The second-order valence-electron chi connectivity index (χ2n) is 3.68. The average Bonchev–Trinajstić information content (AvgIpc) is 2.06. The summed E-state index contributed by atoms with van der Waals surface area (Å²) in [5, 5.41) is 8.59. The molecule has 0 unspecified atom stereocenters. The second kappa shape index (κ2) is 6.22.